The molecule has 1 aliphatic rings. The fraction of sp³-hybridized carbons (Fsp3) is 0.0667. The Kier molecular flexibility index (Phi) is 1.97. The summed E-state index contributed by atoms with van der Waals surface area (Å²) < 4.78 is 5.94. The summed E-state index contributed by atoms with van der Waals surface area (Å²) >= 11 is 6.39. The third-order valence-corrected chi connectivity index (χ3v) is 3.63. The molecule has 4 rings (SSSR count). The highest BCUT2D eigenvalue weighted by atomic mass is 35.5. The molecule has 0 amide bonds. The molecule has 0 atom stereocenters. The molecule has 2 heterocycles. The lowest BCUT2D eigenvalue weighted by Crippen LogP contribution is -2.01. The lowest BCUT2D eigenvalue weighted by Gasteiger charge is -2.05. The van der Waals surface area contributed by atoms with Gasteiger partial charge < -0.3 is 9.73 Å². The second-order valence-electron chi connectivity index (χ2n) is 4.41. The molecule has 1 aliphatic heterocycles. The summed E-state index contributed by atoms with van der Waals surface area (Å²) in [6, 6.07) is 10.1. The summed E-state index contributed by atoms with van der Waals surface area (Å²) in [6.07, 6.45) is 4.14. The zero-order valence-electron chi connectivity index (χ0n) is 9.53. The number of hydrogen-bond acceptors (Lipinski definition) is 2. The zero-order valence-corrected chi connectivity index (χ0v) is 10.3. The molecular formula is C15H10ClNO. The van der Waals surface area contributed by atoms with Gasteiger partial charge in [-0.25, -0.2) is 0 Å². The van der Waals surface area contributed by atoms with E-state index in [9.17, 15) is 0 Å². The summed E-state index contributed by atoms with van der Waals surface area (Å²) in [5.41, 5.74) is 1.91. The fourth-order valence-electron chi connectivity index (χ4n) is 2.53. The molecule has 0 bridgehead atoms. The van der Waals surface area contributed by atoms with Crippen LogP contribution in [0.15, 0.2) is 40.8 Å². The van der Waals surface area contributed by atoms with Crippen molar-refractivity contribution < 1.29 is 4.42 Å². The number of fused-ring (bicyclic) bond motifs is 5. The van der Waals surface area contributed by atoms with Gasteiger partial charge in [-0.3, -0.25) is 0 Å². The Hall–Kier alpha value is -1.93. The van der Waals surface area contributed by atoms with Crippen LogP contribution in [0.5, 0.6) is 0 Å². The van der Waals surface area contributed by atoms with E-state index in [4.69, 9.17) is 16.0 Å². The van der Waals surface area contributed by atoms with Crippen LogP contribution in [0.4, 0.5) is 5.88 Å². The molecule has 18 heavy (non-hydrogen) atoms. The van der Waals surface area contributed by atoms with E-state index < -0.39 is 0 Å². The molecule has 2 aromatic carbocycles. The summed E-state index contributed by atoms with van der Waals surface area (Å²) in [4.78, 5) is 0. The monoisotopic (exact) mass is 255 g/mol. The lowest BCUT2D eigenvalue weighted by molar-refractivity contribution is 0.631. The van der Waals surface area contributed by atoms with E-state index in [0.717, 1.165) is 44.8 Å². The maximum Gasteiger partial charge on any atom is 0.201 e. The number of halogens is 1. The molecule has 0 saturated carbocycles. The van der Waals surface area contributed by atoms with Gasteiger partial charge in [0, 0.05) is 22.9 Å². The first-order valence-electron chi connectivity index (χ1n) is 5.89. The first-order chi connectivity index (χ1) is 8.84. The predicted octanol–water partition coefficient (Wildman–Crippen LogP) is 4.68. The Bertz CT molecular complexity index is 801. The van der Waals surface area contributed by atoms with E-state index in [2.05, 4.69) is 23.5 Å². The SMILES string of the molecule is Clc1cc2ccccc2c2oc3c(c12)C=CCN3. The Morgan fingerprint density at radius 3 is 3.06 bits per heavy atom. The van der Waals surface area contributed by atoms with Crippen LogP contribution >= 0.6 is 11.6 Å². The van der Waals surface area contributed by atoms with E-state index >= 15 is 0 Å². The molecule has 3 aromatic rings. The van der Waals surface area contributed by atoms with Crippen molar-refractivity contribution in [2.24, 2.45) is 0 Å². The van der Waals surface area contributed by atoms with Crippen LogP contribution in [0.25, 0.3) is 27.8 Å². The molecule has 88 valence electrons. The van der Waals surface area contributed by atoms with Crippen molar-refractivity contribution in [3.05, 3.63) is 47.0 Å². The van der Waals surface area contributed by atoms with Gasteiger partial charge in [0.05, 0.1) is 5.02 Å². The van der Waals surface area contributed by atoms with Crippen molar-refractivity contribution >= 4 is 45.3 Å². The van der Waals surface area contributed by atoms with Gasteiger partial charge in [-0.1, -0.05) is 48.0 Å². The fourth-order valence-corrected chi connectivity index (χ4v) is 2.83. The van der Waals surface area contributed by atoms with Gasteiger partial charge in [0.1, 0.15) is 5.58 Å². The third kappa shape index (κ3) is 1.24. The highest BCUT2D eigenvalue weighted by Crippen LogP contribution is 2.41. The van der Waals surface area contributed by atoms with Gasteiger partial charge in [0.25, 0.3) is 0 Å². The molecule has 0 unspecified atom stereocenters. The average molecular weight is 256 g/mol. The summed E-state index contributed by atoms with van der Waals surface area (Å²) in [5, 5.41) is 7.16. The largest absolute Gasteiger partial charge is 0.439 e. The molecule has 2 nitrogen and oxygen atoms in total. The van der Waals surface area contributed by atoms with E-state index in [1.54, 1.807) is 0 Å². The molecule has 0 radical (unpaired) electrons. The Labute approximate surface area is 109 Å². The standard InChI is InChI=1S/C15H10ClNO/c16-12-8-9-4-1-2-5-10(9)14-13(12)11-6-3-7-17-15(11)18-14/h1-6,8,17H,7H2. The number of hydrogen-bond donors (Lipinski definition) is 1. The van der Waals surface area contributed by atoms with Crippen LogP contribution in [0.3, 0.4) is 0 Å². The molecular weight excluding hydrogens is 246 g/mol. The van der Waals surface area contributed by atoms with Crippen molar-refractivity contribution in [3.8, 4) is 0 Å². The molecule has 0 aliphatic carbocycles. The van der Waals surface area contributed by atoms with Crippen molar-refractivity contribution in [2.75, 3.05) is 11.9 Å². The van der Waals surface area contributed by atoms with Gasteiger partial charge in [-0.15, -0.1) is 0 Å². The number of furan rings is 1. The predicted molar refractivity (Wildman–Crippen MR) is 76.3 cm³/mol. The van der Waals surface area contributed by atoms with E-state index in [1.165, 1.54) is 0 Å². The van der Waals surface area contributed by atoms with Gasteiger partial charge in [0.15, 0.2) is 0 Å². The van der Waals surface area contributed by atoms with Gasteiger partial charge >= 0.3 is 0 Å². The number of benzene rings is 2. The van der Waals surface area contributed by atoms with Crippen molar-refractivity contribution in [1.29, 1.82) is 0 Å². The van der Waals surface area contributed by atoms with Crippen LogP contribution in [0.1, 0.15) is 5.56 Å². The Morgan fingerprint density at radius 2 is 2.11 bits per heavy atom. The minimum Gasteiger partial charge on any atom is -0.439 e. The first kappa shape index (κ1) is 10.0. The second kappa shape index (κ2) is 3.53. The number of anilines is 1. The first-order valence-corrected chi connectivity index (χ1v) is 6.26. The molecule has 1 aromatic heterocycles. The highest BCUT2D eigenvalue weighted by molar-refractivity contribution is 6.38. The maximum absolute atomic E-state index is 6.39. The number of nitrogens with one attached hydrogen (secondary N) is 1. The molecule has 3 heteroatoms. The average Bonchev–Trinajstić information content (AvgIpc) is 2.79. The van der Waals surface area contributed by atoms with Crippen LogP contribution in [0, 0.1) is 0 Å². The van der Waals surface area contributed by atoms with Gasteiger partial charge in [-0.2, -0.15) is 0 Å². The Morgan fingerprint density at radius 1 is 1.22 bits per heavy atom. The molecule has 0 saturated heterocycles. The molecule has 1 N–H and O–H groups in total. The third-order valence-electron chi connectivity index (χ3n) is 3.34. The smallest absolute Gasteiger partial charge is 0.201 e. The van der Waals surface area contributed by atoms with Gasteiger partial charge in [-0.05, 0) is 11.5 Å². The number of rotatable bonds is 0. The van der Waals surface area contributed by atoms with Crippen molar-refractivity contribution in [2.45, 2.75) is 0 Å². The van der Waals surface area contributed by atoms with E-state index in [-0.39, 0.29) is 0 Å². The molecule has 0 fully saturated rings. The topological polar surface area (TPSA) is 25.2 Å². The normalized spacial score (nSPS) is 13.8. The Balaban J connectivity index is 2.26. The highest BCUT2D eigenvalue weighted by Gasteiger charge is 2.18. The van der Waals surface area contributed by atoms with Crippen LogP contribution < -0.4 is 5.32 Å². The summed E-state index contributed by atoms with van der Waals surface area (Å²) in [7, 11) is 0. The van der Waals surface area contributed by atoms with Gasteiger partial charge in [0.2, 0.25) is 5.88 Å². The van der Waals surface area contributed by atoms with E-state index in [0.29, 0.717) is 0 Å². The van der Waals surface area contributed by atoms with Crippen LogP contribution in [0.2, 0.25) is 5.02 Å². The van der Waals surface area contributed by atoms with Crippen molar-refractivity contribution in [1.82, 2.24) is 0 Å². The quantitative estimate of drug-likeness (QED) is 0.631. The molecule has 0 spiro atoms. The maximum atomic E-state index is 6.39. The van der Waals surface area contributed by atoms with Crippen LogP contribution in [-0.4, -0.2) is 6.54 Å². The van der Waals surface area contributed by atoms with Crippen molar-refractivity contribution in [3.63, 3.8) is 0 Å². The summed E-state index contributed by atoms with van der Waals surface area (Å²) in [5.74, 6) is 0.811. The van der Waals surface area contributed by atoms with Crippen LogP contribution in [-0.2, 0) is 0 Å². The summed E-state index contributed by atoms with van der Waals surface area (Å²) in [6.45, 7) is 0.794. The minimum atomic E-state index is 0.738. The van der Waals surface area contributed by atoms with E-state index in [1.807, 2.05) is 24.3 Å². The minimum absolute atomic E-state index is 0.738. The lowest BCUT2D eigenvalue weighted by atomic mass is 10.0. The zero-order chi connectivity index (χ0) is 12.1. The second-order valence-corrected chi connectivity index (χ2v) is 4.82.